The number of carbonyl (C=O) groups excluding carboxylic acids is 2. The summed E-state index contributed by atoms with van der Waals surface area (Å²) in [6.07, 6.45) is 5.88. The van der Waals surface area contributed by atoms with Crippen LogP contribution in [0.1, 0.15) is 45.4 Å². The summed E-state index contributed by atoms with van der Waals surface area (Å²) in [6, 6.07) is -1.52. The summed E-state index contributed by atoms with van der Waals surface area (Å²) in [5.41, 5.74) is 0. The number of nitrogens with one attached hydrogen (secondary N) is 2. The quantitative estimate of drug-likeness (QED) is 0.619. The van der Waals surface area contributed by atoms with E-state index in [1.807, 2.05) is 6.92 Å². The minimum atomic E-state index is -0.582. The van der Waals surface area contributed by atoms with Crippen LogP contribution in [-0.4, -0.2) is 54.6 Å². The molecule has 0 aromatic carbocycles. The van der Waals surface area contributed by atoms with Crippen molar-refractivity contribution in [1.82, 2.24) is 15.1 Å². The third-order valence-corrected chi connectivity index (χ3v) is 3.36. The fourth-order valence-corrected chi connectivity index (χ4v) is 2.22. The van der Waals surface area contributed by atoms with Crippen molar-refractivity contribution in [1.29, 1.82) is 5.41 Å². The zero-order valence-corrected chi connectivity index (χ0v) is 13.1. The van der Waals surface area contributed by atoms with Crippen LogP contribution in [-0.2, 0) is 4.74 Å². The van der Waals surface area contributed by atoms with E-state index < -0.39 is 18.1 Å². The molecule has 0 aliphatic heterocycles. The Labute approximate surface area is 126 Å². The van der Waals surface area contributed by atoms with Crippen LogP contribution in [0, 0.1) is 5.41 Å². The lowest BCUT2D eigenvalue weighted by Crippen LogP contribution is -2.53. The fraction of sp³-hybridized carbons (Fsp3) is 0.786. The lowest BCUT2D eigenvalue weighted by atomic mass is 9.96. The Morgan fingerprint density at radius 1 is 1.24 bits per heavy atom. The second-order valence-corrected chi connectivity index (χ2v) is 5.45. The Morgan fingerprint density at radius 3 is 2.38 bits per heavy atom. The van der Waals surface area contributed by atoms with Gasteiger partial charge >= 0.3 is 18.1 Å². The Hall–Kier alpha value is -1.79. The maximum absolute atomic E-state index is 12.3. The van der Waals surface area contributed by atoms with Crippen molar-refractivity contribution in [2.24, 2.45) is 0 Å². The number of carbonyl (C=O) groups is 2. The van der Waals surface area contributed by atoms with Crippen molar-refractivity contribution in [2.45, 2.75) is 51.5 Å². The third-order valence-electron chi connectivity index (χ3n) is 3.36. The van der Waals surface area contributed by atoms with Crippen molar-refractivity contribution in [3.05, 3.63) is 0 Å². The Kier molecular flexibility index (Phi) is 6.98. The van der Waals surface area contributed by atoms with Gasteiger partial charge in [-0.25, -0.2) is 9.59 Å². The molecule has 0 heterocycles. The predicted octanol–water partition coefficient (Wildman–Crippen LogP) is 2.37. The molecular weight excluding hydrogens is 272 g/mol. The van der Waals surface area contributed by atoms with Gasteiger partial charge in [0.05, 0.1) is 6.61 Å². The summed E-state index contributed by atoms with van der Waals surface area (Å²) < 4.78 is 5.14. The first-order valence-electron chi connectivity index (χ1n) is 7.50. The van der Waals surface area contributed by atoms with Gasteiger partial charge < -0.3 is 15.0 Å². The number of rotatable bonds is 3. The molecule has 1 aliphatic rings. The van der Waals surface area contributed by atoms with Crippen LogP contribution < -0.4 is 5.32 Å². The molecule has 0 unspecified atom stereocenters. The van der Waals surface area contributed by atoms with Crippen LogP contribution in [0.5, 0.6) is 0 Å². The van der Waals surface area contributed by atoms with Gasteiger partial charge in [0.2, 0.25) is 0 Å². The standard InChI is InChI=1S/C14H26N4O3/c1-4-10-21-12(15)18(14(20)17(2)3)13(19)16-11-8-6-5-7-9-11/h11,15H,4-10H2,1-3H3,(H,16,19). The summed E-state index contributed by atoms with van der Waals surface area (Å²) in [6.45, 7) is 2.19. The van der Waals surface area contributed by atoms with Crippen LogP contribution >= 0.6 is 0 Å². The second-order valence-electron chi connectivity index (χ2n) is 5.45. The van der Waals surface area contributed by atoms with E-state index in [4.69, 9.17) is 10.1 Å². The molecule has 7 heteroatoms. The number of imide groups is 1. The number of amides is 4. The summed E-state index contributed by atoms with van der Waals surface area (Å²) in [5, 5.41) is 10.6. The Morgan fingerprint density at radius 2 is 1.86 bits per heavy atom. The minimum absolute atomic E-state index is 0.0719. The van der Waals surface area contributed by atoms with Crippen LogP contribution in [0.15, 0.2) is 0 Å². The molecule has 120 valence electrons. The largest absolute Gasteiger partial charge is 0.465 e. The molecule has 0 radical (unpaired) electrons. The van der Waals surface area contributed by atoms with E-state index in [1.165, 1.54) is 25.4 Å². The highest BCUT2D eigenvalue weighted by atomic mass is 16.5. The van der Waals surface area contributed by atoms with Gasteiger partial charge in [0, 0.05) is 20.1 Å². The number of hydrogen-bond donors (Lipinski definition) is 2. The summed E-state index contributed by atoms with van der Waals surface area (Å²) in [5.74, 6) is 0. The minimum Gasteiger partial charge on any atom is -0.465 e. The first kappa shape index (κ1) is 17.3. The van der Waals surface area contributed by atoms with Gasteiger partial charge in [0.1, 0.15) is 0 Å². The SMILES string of the molecule is CCCOC(=N)N(C(=O)NC1CCCCC1)C(=O)N(C)C. The molecule has 0 aromatic heterocycles. The number of amidine groups is 1. The molecule has 1 saturated carbocycles. The van der Waals surface area contributed by atoms with Crippen LogP contribution in [0.25, 0.3) is 0 Å². The van der Waals surface area contributed by atoms with Gasteiger partial charge in [-0.3, -0.25) is 5.41 Å². The third kappa shape index (κ3) is 5.24. The number of urea groups is 2. The Bertz CT molecular complexity index is 378. The van der Waals surface area contributed by atoms with Crippen LogP contribution in [0.2, 0.25) is 0 Å². The van der Waals surface area contributed by atoms with E-state index in [0.29, 0.717) is 13.0 Å². The lowest BCUT2D eigenvalue weighted by molar-refractivity contribution is 0.168. The molecule has 0 aromatic rings. The molecule has 4 amide bonds. The summed E-state index contributed by atoms with van der Waals surface area (Å²) in [4.78, 5) is 26.4. The van der Waals surface area contributed by atoms with Crippen molar-refractivity contribution in [3.8, 4) is 0 Å². The number of nitrogens with zero attached hydrogens (tertiary/aromatic N) is 2. The topological polar surface area (TPSA) is 85.7 Å². The van der Waals surface area contributed by atoms with Gasteiger partial charge in [-0.2, -0.15) is 4.90 Å². The summed E-state index contributed by atoms with van der Waals surface area (Å²) >= 11 is 0. The molecular formula is C14H26N4O3. The lowest BCUT2D eigenvalue weighted by Gasteiger charge is -2.28. The maximum atomic E-state index is 12.3. The zero-order valence-electron chi connectivity index (χ0n) is 13.1. The monoisotopic (exact) mass is 298 g/mol. The molecule has 0 bridgehead atoms. The van der Waals surface area contributed by atoms with Gasteiger partial charge in [-0.05, 0) is 19.3 Å². The first-order chi connectivity index (χ1) is 9.97. The zero-order chi connectivity index (χ0) is 15.8. The summed E-state index contributed by atoms with van der Waals surface area (Å²) in [7, 11) is 3.08. The molecule has 2 N–H and O–H groups in total. The fourth-order valence-electron chi connectivity index (χ4n) is 2.22. The van der Waals surface area contributed by atoms with Crippen molar-refractivity contribution in [3.63, 3.8) is 0 Å². The molecule has 7 nitrogen and oxygen atoms in total. The van der Waals surface area contributed by atoms with Gasteiger partial charge in [0.25, 0.3) is 0 Å². The average molecular weight is 298 g/mol. The van der Waals surface area contributed by atoms with Crippen molar-refractivity contribution in [2.75, 3.05) is 20.7 Å². The highest BCUT2D eigenvalue weighted by Gasteiger charge is 2.30. The van der Waals surface area contributed by atoms with E-state index >= 15 is 0 Å². The average Bonchev–Trinajstić information content (AvgIpc) is 2.46. The van der Waals surface area contributed by atoms with Crippen LogP contribution in [0.3, 0.4) is 0 Å². The molecule has 0 atom stereocenters. The molecule has 21 heavy (non-hydrogen) atoms. The molecule has 0 spiro atoms. The van der Waals surface area contributed by atoms with Gasteiger partial charge in [-0.15, -0.1) is 0 Å². The van der Waals surface area contributed by atoms with Crippen molar-refractivity contribution < 1.29 is 14.3 Å². The maximum Gasteiger partial charge on any atom is 0.336 e. The van der Waals surface area contributed by atoms with Crippen molar-refractivity contribution >= 4 is 18.1 Å². The molecule has 1 fully saturated rings. The van der Waals surface area contributed by atoms with Gasteiger partial charge in [-0.1, -0.05) is 26.2 Å². The number of ether oxygens (including phenoxy) is 1. The second kappa shape index (κ2) is 8.49. The van der Waals surface area contributed by atoms with Gasteiger partial charge in [0.15, 0.2) is 0 Å². The highest BCUT2D eigenvalue weighted by molar-refractivity contribution is 6.08. The number of hydrogen-bond acceptors (Lipinski definition) is 4. The van der Waals surface area contributed by atoms with E-state index in [1.54, 1.807) is 0 Å². The van der Waals surface area contributed by atoms with E-state index in [9.17, 15) is 9.59 Å². The van der Waals surface area contributed by atoms with E-state index in [-0.39, 0.29) is 6.04 Å². The van der Waals surface area contributed by atoms with E-state index in [0.717, 1.165) is 30.6 Å². The normalized spacial score (nSPS) is 15.2. The predicted molar refractivity (Wildman–Crippen MR) is 80.3 cm³/mol. The Balaban J connectivity index is 2.71. The molecule has 1 aliphatic carbocycles. The molecule has 1 rings (SSSR count). The van der Waals surface area contributed by atoms with E-state index in [2.05, 4.69) is 5.32 Å². The van der Waals surface area contributed by atoms with Crippen LogP contribution in [0.4, 0.5) is 9.59 Å². The highest BCUT2D eigenvalue weighted by Crippen LogP contribution is 2.17. The first-order valence-corrected chi connectivity index (χ1v) is 7.50. The molecule has 0 saturated heterocycles. The smallest absolute Gasteiger partial charge is 0.336 e.